The van der Waals surface area contributed by atoms with Gasteiger partial charge in [-0.2, -0.15) is 0 Å². The Morgan fingerprint density at radius 2 is 1.73 bits per heavy atom. The van der Waals surface area contributed by atoms with Crippen molar-refractivity contribution in [3.05, 3.63) is 83.9 Å². The van der Waals surface area contributed by atoms with Crippen molar-refractivity contribution in [1.82, 2.24) is 9.97 Å². The van der Waals surface area contributed by atoms with Gasteiger partial charge >= 0.3 is 0 Å². The maximum absolute atomic E-state index is 6.28. The van der Waals surface area contributed by atoms with Gasteiger partial charge in [-0.25, -0.2) is 4.99 Å². The predicted octanol–water partition coefficient (Wildman–Crippen LogP) is 5.17. The second kappa shape index (κ2) is 7.62. The number of nitrogens with zero attached hydrogens (tertiary/aromatic N) is 3. The second-order valence-electron chi connectivity index (χ2n) is 7.05. The molecule has 0 aliphatic rings. The normalized spacial score (nSPS) is 12.1. The summed E-state index contributed by atoms with van der Waals surface area (Å²) in [5.74, 6) is 0.821. The molecule has 2 aromatic carbocycles. The molecule has 0 radical (unpaired) electrons. The Morgan fingerprint density at radius 3 is 2.38 bits per heavy atom. The van der Waals surface area contributed by atoms with Crippen molar-refractivity contribution in [3.63, 3.8) is 0 Å². The smallest absolute Gasteiger partial charge is 0.242 e. The number of para-hydroxylation sites is 1. The molecule has 0 N–H and O–H groups in total. The van der Waals surface area contributed by atoms with Crippen LogP contribution < -0.4 is 4.43 Å². The summed E-state index contributed by atoms with van der Waals surface area (Å²) in [7, 11) is -1.76. The van der Waals surface area contributed by atoms with Gasteiger partial charge in [0.2, 0.25) is 8.32 Å². The predicted molar refractivity (Wildman–Crippen MR) is 109 cm³/mol. The van der Waals surface area contributed by atoms with E-state index in [2.05, 4.69) is 42.6 Å². The standard InChI is InChI=1S/C21H23N3OSi/c1-16-9-8-12-19(25-26(2,3)4)20(16)24-21(17-10-6-5-7-11-17)18-15-22-13-14-23-18/h5-15H,1-4H3. The molecule has 5 heteroatoms. The zero-order valence-electron chi connectivity index (χ0n) is 15.6. The Morgan fingerprint density at radius 1 is 0.962 bits per heavy atom. The lowest BCUT2D eigenvalue weighted by molar-refractivity contribution is 0.558. The van der Waals surface area contributed by atoms with E-state index in [0.29, 0.717) is 0 Å². The third-order valence-corrected chi connectivity index (χ3v) is 4.53. The Hall–Kier alpha value is -2.79. The van der Waals surface area contributed by atoms with Crippen molar-refractivity contribution < 1.29 is 4.43 Å². The molecule has 0 aliphatic carbocycles. The largest absolute Gasteiger partial charge is 0.543 e. The molecule has 26 heavy (non-hydrogen) atoms. The summed E-state index contributed by atoms with van der Waals surface area (Å²) in [5, 5.41) is 0. The summed E-state index contributed by atoms with van der Waals surface area (Å²) in [4.78, 5) is 13.7. The van der Waals surface area contributed by atoms with Gasteiger partial charge in [0.05, 0.1) is 11.9 Å². The Balaban J connectivity index is 2.18. The first-order valence-corrected chi connectivity index (χ1v) is 12.0. The first-order chi connectivity index (χ1) is 12.4. The average molecular weight is 362 g/mol. The third kappa shape index (κ3) is 4.43. The summed E-state index contributed by atoms with van der Waals surface area (Å²) >= 11 is 0. The second-order valence-corrected chi connectivity index (χ2v) is 11.5. The van der Waals surface area contributed by atoms with Gasteiger partial charge in [-0.15, -0.1) is 0 Å². The fourth-order valence-electron chi connectivity index (χ4n) is 2.59. The number of hydrogen-bond acceptors (Lipinski definition) is 4. The summed E-state index contributed by atoms with van der Waals surface area (Å²) in [6.07, 6.45) is 5.09. The molecular formula is C21H23N3OSi. The van der Waals surface area contributed by atoms with Crippen molar-refractivity contribution in [2.24, 2.45) is 4.99 Å². The molecule has 0 bridgehead atoms. The monoisotopic (exact) mass is 361 g/mol. The summed E-state index contributed by atoms with van der Waals surface area (Å²) in [6.45, 7) is 8.56. The molecule has 0 spiro atoms. The van der Waals surface area contributed by atoms with Crippen LogP contribution in [-0.4, -0.2) is 24.0 Å². The van der Waals surface area contributed by atoms with E-state index in [1.54, 1.807) is 18.6 Å². The Kier molecular flexibility index (Phi) is 5.28. The minimum Gasteiger partial charge on any atom is -0.543 e. The first kappa shape index (κ1) is 18.0. The van der Waals surface area contributed by atoms with Crippen LogP contribution in [0.4, 0.5) is 5.69 Å². The molecule has 0 aliphatic heterocycles. The number of aromatic nitrogens is 2. The molecule has 1 aromatic heterocycles. The Bertz CT molecular complexity index is 862. The summed E-state index contributed by atoms with van der Waals surface area (Å²) in [6, 6.07) is 16.1. The number of benzene rings is 2. The SMILES string of the molecule is Cc1cccc(O[Si](C)(C)C)c1N=C(c1ccccc1)c1cnccn1. The van der Waals surface area contributed by atoms with Crippen molar-refractivity contribution in [3.8, 4) is 5.75 Å². The molecule has 0 fully saturated rings. The molecule has 3 aromatic rings. The average Bonchev–Trinajstić information content (AvgIpc) is 2.62. The van der Waals surface area contributed by atoms with Crippen molar-refractivity contribution in [2.75, 3.05) is 0 Å². The topological polar surface area (TPSA) is 47.4 Å². The van der Waals surface area contributed by atoms with Crippen LogP contribution in [0, 0.1) is 6.92 Å². The molecule has 1 heterocycles. The van der Waals surface area contributed by atoms with Crippen LogP contribution in [0.1, 0.15) is 16.8 Å². The van der Waals surface area contributed by atoms with Crippen LogP contribution >= 0.6 is 0 Å². The first-order valence-electron chi connectivity index (χ1n) is 8.63. The Labute approximate surface area is 155 Å². The van der Waals surface area contributed by atoms with Gasteiger partial charge in [0.1, 0.15) is 17.1 Å². The van der Waals surface area contributed by atoms with E-state index >= 15 is 0 Å². The van der Waals surface area contributed by atoms with E-state index in [-0.39, 0.29) is 0 Å². The van der Waals surface area contributed by atoms with Crippen LogP contribution in [0.3, 0.4) is 0 Å². The molecule has 0 saturated carbocycles. The van der Waals surface area contributed by atoms with E-state index in [1.807, 2.05) is 42.5 Å². The van der Waals surface area contributed by atoms with Gasteiger partial charge in [-0.1, -0.05) is 42.5 Å². The minimum atomic E-state index is -1.76. The zero-order chi connectivity index (χ0) is 18.6. The zero-order valence-corrected chi connectivity index (χ0v) is 16.6. The summed E-state index contributed by atoms with van der Waals surface area (Å²) < 4.78 is 6.28. The van der Waals surface area contributed by atoms with E-state index in [0.717, 1.165) is 34.0 Å². The highest BCUT2D eigenvalue weighted by atomic mass is 28.4. The van der Waals surface area contributed by atoms with Gasteiger partial charge in [-0.05, 0) is 38.2 Å². The van der Waals surface area contributed by atoms with E-state index in [4.69, 9.17) is 9.42 Å². The highest BCUT2D eigenvalue weighted by Gasteiger charge is 2.20. The fourth-order valence-corrected chi connectivity index (χ4v) is 3.41. The van der Waals surface area contributed by atoms with Gasteiger partial charge in [0.15, 0.2) is 0 Å². The molecule has 3 rings (SSSR count). The highest BCUT2D eigenvalue weighted by molar-refractivity contribution is 6.70. The number of hydrogen-bond donors (Lipinski definition) is 0. The van der Waals surface area contributed by atoms with Crippen LogP contribution in [-0.2, 0) is 0 Å². The summed E-state index contributed by atoms with van der Waals surface area (Å²) in [5.41, 5.74) is 4.43. The van der Waals surface area contributed by atoms with Crippen LogP contribution in [0.25, 0.3) is 0 Å². The maximum atomic E-state index is 6.28. The number of rotatable bonds is 5. The lowest BCUT2D eigenvalue weighted by Crippen LogP contribution is -2.29. The molecule has 0 atom stereocenters. The van der Waals surface area contributed by atoms with Gasteiger partial charge in [-0.3, -0.25) is 9.97 Å². The van der Waals surface area contributed by atoms with Gasteiger partial charge in [0.25, 0.3) is 0 Å². The molecule has 0 unspecified atom stereocenters. The molecular weight excluding hydrogens is 338 g/mol. The maximum Gasteiger partial charge on any atom is 0.242 e. The van der Waals surface area contributed by atoms with E-state index in [1.165, 1.54) is 0 Å². The number of aryl methyl sites for hydroxylation is 1. The lowest BCUT2D eigenvalue weighted by atomic mass is 10.1. The number of aliphatic imine (C=N–C) groups is 1. The highest BCUT2D eigenvalue weighted by Crippen LogP contribution is 2.34. The van der Waals surface area contributed by atoms with Gasteiger partial charge in [0, 0.05) is 18.0 Å². The van der Waals surface area contributed by atoms with Crippen LogP contribution in [0.15, 0.2) is 72.1 Å². The molecule has 0 amide bonds. The lowest BCUT2D eigenvalue weighted by Gasteiger charge is -2.21. The molecule has 0 saturated heterocycles. The van der Waals surface area contributed by atoms with Crippen molar-refractivity contribution in [2.45, 2.75) is 26.6 Å². The molecule has 132 valence electrons. The molecule has 4 nitrogen and oxygen atoms in total. The van der Waals surface area contributed by atoms with Crippen LogP contribution in [0.5, 0.6) is 5.75 Å². The third-order valence-electron chi connectivity index (χ3n) is 3.69. The van der Waals surface area contributed by atoms with E-state index < -0.39 is 8.32 Å². The minimum absolute atomic E-state index is 0.737. The van der Waals surface area contributed by atoms with Crippen LogP contribution in [0.2, 0.25) is 19.6 Å². The van der Waals surface area contributed by atoms with Crippen molar-refractivity contribution >= 4 is 19.7 Å². The van der Waals surface area contributed by atoms with E-state index in [9.17, 15) is 0 Å². The van der Waals surface area contributed by atoms with Crippen molar-refractivity contribution in [1.29, 1.82) is 0 Å². The van der Waals surface area contributed by atoms with Gasteiger partial charge < -0.3 is 4.43 Å². The quantitative estimate of drug-likeness (QED) is 0.465. The fraction of sp³-hybridized carbons (Fsp3) is 0.190.